The number of benzene rings is 1. The van der Waals surface area contributed by atoms with Crippen LogP contribution >= 0.6 is 0 Å². The van der Waals surface area contributed by atoms with Crippen LogP contribution in [0.5, 0.6) is 0 Å². The Bertz CT molecular complexity index is 491. The summed E-state index contributed by atoms with van der Waals surface area (Å²) in [6, 6.07) is 3.30. The van der Waals surface area contributed by atoms with Crippen LogP contribution in [0.1, 0.15) is 6.92 Å². The van der Waals surface area contributed by atoms with Crippen LogP contribution in [0.4, 0.5) is 14.5 Å². The van der Waals surface area contributed by atoms with Crippen LogP contribution in [0.15, 0.2) is 18.2 Å². The van der Waals surface area contributed by atoms with Crippen LogP contribution < -0.4 is 11.1 Å². The van der Waals surface area contributed by atoms with Crippen molar-refractivity contribution in [1.82, 2.24) is 4.90 Å². The Morgan fingerprint density at radius 1 is 1.52 bits per heavy atom. The van der Waals surface area contributed by atoms with Crippen LogP contribution in [0.3, 0.4) is 0 Å². The van der Waals surface area contributed by atoms with Gasteiger partial charge in [-0.25, -0.2) is 8.78 Å². The molecule has 1 aromatic carbocycles. The Balaban J connectivity index is 1.93. The smallest absolute Gasteiger partial charge is 0.238 e. The number of carbonyl (C=O) groups is 1. The summed E-state index contributed by atoms with van der Waals surface area (Å²) in [7, 11) is 0. The number of morpholine rings is 1. The fourth-order valence-electron chi connectivity index (χ4n) is 2.19. The van der Waals surface area contributed by atoms with E-state index < -0.39 is 23.2 Å². The van der Waals surface area contributed by atoms with Crippen LogP contribution in [0, 0.1) is 11.6 Å². The first-order valence-corrected chi connectivity index (χ1v) is 6.80. The third-order valence-corrected chi connectivity index (χ3v) is 3.36. The van der Waals surface area contributed by atoms with Crippen molar-refractivity contribution in [2.75, 3.05) is 31.6 Å². The van der Waals surface area contributed by atoms with E-state index in [2.05, 4.69) is 5.32 Å². The summed E-state index contributed by atoms with van der Waals surface area (Å²) in [5.74, 6) is -2.05. The summed E-state index contributed by atoms with van der Waals surface area (Å²) in [4.78, 5) is 13.8. The molecular formula is C14H19F2N3O2. The van der Waals surface area contributed by atoms with Gasteiger partial charge in [0.1, 0.15) is 17.3 Å². The van der Waals surface area contributed by atoms with Crippen LogP contribution in [-0.4, -0.2) is 49.2 Å². The third kappa shape index (κ3) is 4.20. The first-order valence-electron chi connectivity index (χ1n) is 6.80. The van der Waals surface area contributed by atoms with Gasteiger partial charge in [-0.3, -0.25) is 9.69 Å². The number of carbonyl (C=O) groups excluding carboxylic acids is 1. The maximum absolute atomic E-state index is 13.5. The minimum absolute atomic E-state index is 0.0420. The van der Waals surface area contributed by atoms with E-state index in [-0.39, 0.29) is 18.7 Å². The van der Waals surface area contributed by atoms with E-state index in [1.54, 1.807) is 0 Å². The normalized spacial score (nSPS) is 21.0. The van der Waals surface area contributed by atoms with Crippen molar-refractivity contribution in [2.24, 2.45) is 5.73 Å². The fourth-order valence-corrected chi connectivity index (χ4v) is 2.19. The second kappa shape index (κ2) is 6.93. The fraction of sp³-hybridized carbons (Fsp3) is 0.500. The molecule has 0 bridgehead atoms. The van der Waals surface area contributed by atoms with E-state index in [1.165, 1.54) is 6.07 Å². The van der Waals surface area contributed by atoms with Crippen LogP contribution in [-0.2, 0) is 9.53 Å². The highest BCUT2D eigenvalue weighted by Crippen LogP contribution is 2.18. The van der Waals surface area contributed by atoms with Gasteiger partial charge >= 0.3 is 0 Å². The van der Waals surface area contributed by atoms with Gasteiger partial charge in [0.15, 0.2) is 0 Å². The molecule has 7 heteroatoms. The van der Waals surface area contributed by atoms with Crippen molar-refractivity contribution in [3.63, 3.8) is 0 Å². The highest BCUT2D eigenvalue weighted by Gasteiger charge is 2.25. The largest absolute Gasteiger partial charge is 0.374 e. The molecule has 0 saturated carbocycles. The van der Waals surface area contributed by atoms with Crippen molar-refractivity contribution in [2.45, 2.75) is 19.1 Å². The highest BCUT2D eigenvalue weighted by molar-refractivity contribution is 5.92. The number of amides is 1. The lowest BCUT2D eigenvalue weighted by molar-refractivity contribution is -0.119. The predicted molar refractivity (Wildman–Crippen MR) is 74.8 cm³/mol. The first-order chi connectivity index (χ1) is 9.97. The molecule has 116 valence electrons. The summed E-state index contributed by atoms with van der Waals surface area (Å²) in [5, 5.41) is 2.27. The molecular weight excluding hydrogens is 280 g/mol. The van der Waals surface area contributed by atoms with E-state index >= 15 is 0 Å². The summed E-state index contributed by atoms with van der Waals surface area (Å²) < 4.78 is 32.4. The Morgan fingerprint density at radius 3 is 2.81 bits per heavy atom. The molecule has 2 atom stereocenters. The summed E-state index contributed by atoms with van der Waals surface area (Å²) >= 11 is 0. The van der Waals surface area contributed by atoms with Crippen molar-refractivity contribution in [3.05, 3.63) is 29.8 Å². The lowest BCUT2D eigenvalue weighted by atomic mass is 10.1. The Hall–Kier alpha value is -1.57. The minimum atomic E-state index is -0.793. The molecule has 0 spiro atoms. The summed E-state index contributed by atoms with van der Waals surface area (Å²) in [6.45, 7) is 3.46. The average Bonchev–Trinajstić information content (AvgIpc) is 2.43. The molecule has 5 nitrogen and oxygen atoms in total. The molecule has 1 amide bonds. The molecule has 0 aromatic heterocycles. The van der Waals surface area contributed by atoms with Crippen molar-refractivity contribution in [3.8, 4) is 0 Å². The number of nitrogens with two attached hydrogens (primary N) is 1. The number of ether oxygens (including phenoxy) is 1. The monoisotopic (exact) mass is 299 g/mol. The van der Waals surface area contributed by atoms with Gasteiger partial charge in [0.05, 0.1) is 19.3 Å². The minimum Gasteiger partial charge on any atom is -0.374 e. The van der Waals surface area contributed by atoms with Gasteiger partial charge in [0.25, 0.3) is 0 Å². The molecule has 0 radical (unpaired) electrons. The quantitative estimate of drug-likeness (QED) is 0.869. The highest BCUT2D eigenvalue weighted by atomic mass is 19.1. The van der Waals surface area contributed by atoms with Gasteiger partial charge in [-0.2, -0.15) is 0 Å². The first kappa shape index (κ1) is 15.8. The molecule has 1 saturated heterocycles. The van der Waals surface area contributed by atoms with Gasteiger partial charge in [-0.1, -0.05) is 6.07 Å². The molecule has 1 aromatic rings. The number of hydrogen-bond donors (Lipinski definition) is 2. The van der Waals surface area contributed by atoms with Gasteiger partial charge in [0.2, 0.25) is 5.91 Å². The zero-order valence-electron chi connectivity index (χ0n) is 11.8. The van der Waals surface area contributed by atoms with Crippen LogP contribution in [0.25, 0.3) is 0 Å². The lowest BCUT2D eigenvalue weighted by Gasteiger charge is -2.34. The Kier molecular flexibility index (Phi) is 5.22. The number of anilines is 1. The van der Waals surface area contributed by atoms with E-state index in [9.17, 15) is 13.6 Å². The number of halogens is 2. The molecule has 1 aliphatic rings. The average molecular weight is 299 g/mol. The number of rotatable bonds is 4. The maximum atomic E-state index is 13.5. The second-order valence-electron chi connectivity index (χ2n) is 5.15. The van der Waals surface area contributed by atoms with Crippen molar-refractivity contribution < 1.29 is 18.3 Å². The number of hydrogen-bond acceptors (Lipinski definition) is 4. The zero-order chi connectivity index (χ0) is 15.4. The van der Waals surface area contributed by atoms with Gasteiger partial charge in [0, 0.05) is 19.1 Å². The molecule has 1 heterocycles. The van der Waals surface area contributed by atoms with Crippen molar-refractivity contribution >= 4 is 11.6 Å². The van der Waals surface area contributed by atoms with Gasteiger partial charge < -0.3 is 15.8 Å². The van der Waals surface area contributed by atoms with Gasteiger partial charge in [-0.15, -0.1) is 0 Å². The zero-order valence-corrected chi connectivity index (χ0v) is 11.8. The summed E-state index contributed by atoms with van der Waals surface area (Å²) in [5.41, 5.74) is 5.35. The second-order valence-corrected chi connectivity index (χ2v) is 5.15. The third-order valence-electron chi connectivity index (χ3n) is 3.36. The number of para-hydroxylation sites is 1. The molecule has 1 fully saturated rings. The van der Waals surface area contributed by atoms with E-state index in [1.807, 2.05) is 11.8 Å². The Morgan fingerprint density at radius 2 is 2.19 bits per heavy atom. The van der Waals surface area contributed by atoms with E-state index in [4.69, 9.17) is 10.5 Å². The van der Waals surface area contributed by atoms with Crippen LogP contribution in [0.2, 0.25) is 0 Å². The molecule has 1 aliphatic heterocycles. The van der Waals surface area contributed by atoms with Crippen molar-refractivity contribution in [1.29, 1.82) is 0 Å². The standard InChI is InChI=1S/C14H19F2N3O2/c1-9(17)12-7-19(5-6-21-12)8-13(20)18-14-10(15)3-2-4-11(14)16/h2-4,9,12H,5-8,17H2,1H3,(H,18,20). The topological polar surface area (TPSA) is 67.6 Å². The Labute approximate surface area is 122 Å². The molecule has 0 aliphatic carbocycles. The lowest BCUT2D eigenvalue weighted by Crippen LogP contribution is -2.51. The molecule has 2 unspecified atom stereocenters. The molecule has 21 heavy (non-hydrogen) atoms. The van der Waals surface area contributed by atoms with Gasteiger partial charge in [-0.05, 0) is 19.1 Å². The summed E-state index contributed by atoms with van der Waals surface area (Å²) in [6.07, 6.45) is -0.142. The van der Waals surface area contributed by atoms with E-state index in [0.717, 1.165) is 12.1 Å². The SMILES string of the molecule is CC(N)C1CN(CC(=O)Nc2c(F)cccc2F)CCO1. The van der Waals surface area contributed by atoms with E-state index in [0.29, 0.717) is 19.7 Å². The number of nitrogens with zero attached hydrogens (tertiary/aromatic N) is 1. The number of nitrogens with one attached hydrogen (secondary N) is 1. The maximum Gasteiger partial charge on any atom is 0.238 e. The molecule has 3 N–H and O–H groups in total. The predicted octanol–water partition coefficient (Wildman–Crippen LogP) is 0.951. The molecule has 2 rings (SSSR count).